The summed E-state index contributed by atoms with van der Waals surface area (Å²) < 4.78 is 2.95. The van der Waals surface area contributed by atoms with E-state index >= 15 is 0 Å². The molecule has 5 heteroatoms. The number of aromatic nitrogens is 2. The smallest absolute Gasteiger partial charge is 0.248 e. The van der Waals surface area contributed by atoms with Crippen LogP contribution in [0.25, 0.3) is 0 Å². The van der Waals surface area contributed by atoms with Crippen molar-refractivity contribution in [3.8, 4) is 0 Å². The maximum Gasteiger partial charge on any atom is 0.248 e. The summed E-state index contributed by atoms with van der Waals surface area (Å²) in [7, 11) is 0. The van der Waals surface area contributed by atoms with Crippen molar-refractivity contribution in [1.82, 2.24) is 9.78 Å². The molecule has 1 aromatic heterocycles. The van der Waals surface area contributed by atoms with Gasteiger partial charge >= 0.3 is 0 Å². The zero-order valence-electron chi connectivity index (χ0n) is 8.43. The van der Waals surface area contributed by atoms with Gasteiger partial charge in [-0.2, -0.15) is 5.10 Å². The Morgan fingerprint density at radius 1 is 1.38 bits per heavy atom. The molecule has 16 heavy (non-hydrogen) atoms. The van der Waals surface area contributed by atoms with Crippen LogP contribution in [0, 0.1) is 3.57 Å². The molecule has 4 nitrogen and oxygen atoms in total. The zero-order chi connectivity index (χ0) is 11.5. The van der Waals surface area contributed by atoms with E-state index in [0.29, 0.717) is 12.1 Å². The molecule has 0 atom stereocenters. The second kappa shape index (κ2) is 4.65. The van der Waals surface area contributed by atoms with Gasteiger partial charge in [0.15, 0.2) is 0 Å². The van der Waals surface area contributed by atoms with Crippen LogP contribution in [0.15, 0.2) is 36.7 Å². The number of nitrogens with two attached hydrogens (primary N) is 1. The van der Waals surface area contributed by atoms with Crippen LogP contribution in [-0.4, -0.2) is 15.7 Å². The molecule has 1 amide bonds. The molecule has 0 bridgehead atoms. The average molecular weight is 327 g/mol. The SMILES string of the molecule is NC(=O)c1ccc(Cn2cc(I)cn2)cc1. The van der Waals surface area contributed by atoms with Gasteiger partial charge in [-0.1, -0.05) is 12.1 Å². The van der Waals surface area contributed by atoms with Gasteiger partial charge in [0.25, 0.3) is 0 Å². The maximum atomic E-state index is 10.9. The normalized spacial score (nSPS) is 10.3. The van der Waals surface area contributed by atoms with Crippen molar-refractivity contribution in [2.24, 2.45) is 5.73 Å². The molecule has 0 aliphatic heterocycles. The molecule has 2 rings (SSSR count). The first-order valence-corrected chi connectivity index (χ1v) is 5.80. The van der Waals surface area contributed by atoms with Gasteiger partial charge in [0.05, 0.1) is 16.3 Å². The van der Waals surface area contributed by atoms with Gasteiger partial charge in [-0.15, -0.1) is 0 Å². The fraction of sp³-hybridized carbons (Fsp3) is 0.0909. The van der Waals surface area contributed by atoms with Crippen LogP contribution in [0.2, 0.25) is 0 Å². The summed E-state index contributed by atoms with van der Waals surface area (Å²) in [5.41, 5.74) is 6.78. The molecule has 0 saturated carbocycles. The van der Waals surface area contributed by atoms with Gasteiger partial charge in [0.1, 0.15) is 0 Å². The van der Waals surface area contributed by atoms with E-state index in [-0.39, 0.29) is 0 Å². The molecule has 0 fully saturated rings. The zero-order valence-corrected chi connectivity index (χ0v) is 10.6. The second-order valence-electron chi connectivity index (χ2n) is 3.42. The summed E-state index contributed by atoms with van der Waals surface area (Å²) >= 11 is 2.21. The minimum atomic E-state index is -0.403. The fourth-order valence-corrected chi connectivity index (χ4v) is 1.83. The highest BCUT2D eigenvalue weighted by Gasteiger charge is 2.01. The van der Waals surface area contributed by atoms with Crippen LogP contribution < -0.4 is 5.73 Å². The highest BCUT2D eigenvalue weighted by Crippen LogP contribution is 2.07. The number of amides is 1. The molecule has 0 unspecified atom stereocenters. The molecule has 1 aromatic carbocycles. The van der Waals surface area contributed by atoms with Crippen molar-refractivity contribution in [3.05, 3.63) is 51.4 Å². The molecule has 0 aliphatic rings. The Labute approximate surface area is 107 Å². The summed E-state index contributed by atoms with van der Waals surface area (Å²) in [6.07, 6.45) is 3.76. The number of carbonyl (C=O) groups is 1. The lowest BCUT2D eigenvalue weighted by atomic mass is 10.1. The van der Waals surface area contributed by atoms with E-state index in [0.717, 1.165) is 9.13 Å². The summed E-state index contributed by atoms with van der Waals surface area (Å²) in [4.78, 5) is 10.9. The third-order valence-electron chi connectivity index (χ3n) is 2.18. The first kappa shape index (κ1) is 11.1. The number of primary amides is 1. The molecule has 82 valence electrons. The lowest BCUT2D eigenvalue weighted by Gasteiger charge is -2.02. The molecule has 2 aromatic rings. The van der Waals surface area contributed by atoms with Gasteiger partial charge in [-0.05, 0) is 40.3 Å². The largest absolute Gasteiger partial charge is 0.366 e. The average Bonchev–Trinajstić information content (AvgIpc) is 2.65. The van der Waals surface area contributed by atoms with Crippen LogP contribution >= 0.6 is 22.6 Å². The Kier molecular flexibility index (Phi) is 3.23. The Morgan fingerprint density at radius 3 is 2.56 bits per heavy atom. The number of rotatable bonds is 3. The van der Waals surface area contributed by atoms with E-state index in [1.165, 1.54) is 0 Å². The van der Waals surface area contributed by atoms with Crippen LogP contribution in [-0.2, 0) is 6.54 Å². The standard InChI is InChI=1S/C11H10IN3O/c12-10-5-14-15(7-10)6-8-1-3-9(4-2-8)11(13)16/h1-5,7H,6H2,(H2,13,16). The number of carbonyl (C=O) groups excluding carboxylic acids is 1. The van der Waals surface area contributed by atoms with Crippen LogP contribution in [0.4, 0.5) is 0 Å². The van der Waals surface area contributed by atoms with Crippen molar-refractivity contribution in [3.63, 3.8) is 0 Å². The van der Waals surface area contributed by atoms with Gasteiger partial charge in [-0.3, -0.25) is 9.48 Å². The molecule has 0 saturated heterocycles. The van der Waals surface area contributed by atoms with E-state index in [9.17, 15) is 4.79 Å². The molecule has 1 heterocycles. The predicted octanol–water partition coefficient (Wildman–Crippen LogP) is 1.63. The van der Waals surface area contributed by atoms with E-state index in [1.54, 1.807) is 18.3 Å². The second-order valence-corrected chi connectivity index (χ2v) is 4.66. The molecular formula is C11H10IN3O. The highest BCUT2D eigenvalue weighted by molar-refractivity contribution is 14.1. The van der Waals surface area contributed by atoms with Crippen LogP contribution in [0.5, 0.6) is 0 Å². The fourth-order valence-electron chi connectivity index (χ4n) is 1.39. The van der Waals surface area contributed by atoms with Crippen molar-refractivity contribution in [2.45, 2.75) is 6.54 Å². The Morgan fingerprint density at radius 2 is 2.06 bits per heavy atom. The minimum absolute atomic E-state index is 0.403. The maximum absolute atomic E-state index is 10.9. The number of hydrogen-bond acceptors (Lipinski definition) is 2. The Balaban J connectivity index is 2.14. The number of hydrogen-bond donors (Lipinski definition) is 1. The number of nitrogens with zero attached hydrogens (tertiary/aromatic N) is 2. The molecular weight excluding hydrogens is 317 g/mol. The van der Waals surface area contributed by atoms with Gasteiger partial charge in [0, 0.05) is 11.8 Å². The van der Waals surface area contributed by atoms with Gasteiger partial charge in [-0.25, -0.2) is 0 Å². The van der Waals surface area contributed by atoms with E-state index in [4.69, 9.17) is 5.73 Å². The molecule has 2 N–H and O–H groups in total. The van der Waals surface area contributed by atoms with Gasteiger partial charge in [0.2, 0.25) is 5.91 Å². The number of halogens is 1. The van der Waals surface area contributed by atoms with E-state index < -0.39 is 5.91 Å². The molecule has 0 radical (unpaired) electrons. The first-order valence-electron chi connectivity index (χ1n) is 4.72. The summed E-state index contributed by atoms with van der Waals surface area (Å²) in [6, 6.07) is 7.22. The molecule has 0 aliphatic carbocycles. The van der Waals surface area contributed by atoms with Crippen molar-refractivity contribution in [1.29, 1.82) is 0 Å². The van der Waals surface area contributed by atoms with E-state index in [2.05, 4.69) is 27.7 Å². The number of benzene rings is 1. The summed E-state index contributed by atoms with van der Waals surface area (Å²) in [5, 5.41) is 4.19. The Bertz CT molecular complexity index is 504. The van der Waals surface area contributed by atoms with Crippen molar-refractivity contribution in [2.75, 3.05) is 0 Å². The van der Waals surface area contributed by atoms with Gasteiger partial charge < -0.3 is 5.73 Å². The van der Waals surface area contributed by atoms with Crippen molar-refractivity contribution < 1.29 is 4.79 Å². The third kappa shape index (κ3) is 2.60. The summed E-state index contributed by atoms with van der Waals surface area (Å²) in [6.45, 7) is 0.696. The summed E-state index contributed by atoms with van der Waals surface area (Å²) in [5.74, 6) is -0.403. The lowest BCUT2D eigenvalue weighted by Crippen LogP contribution is -2.10. The van der Waals surface area contributed by atoms with Crippen LogP contribution in [0.3, 0.4) is 0 Å². The quantitative estimate of drug-likeness (QED) is 0.871. The van der Waals surface area contributed by atoms with Crippen LogP contribution in [0.1, 0.15) is 15.9 Å². The topological polar surface area (TPSA) is 60.9 Å². The minimum Gasteiger partial charge on any atom is -0.366 e. The third-order valence-corrected chi connectivity index (χ3v) is 2.74. The van der Waals surface area contributed by atoms with Crippen molar-refractivity contribution >= 4 is 28.5 Å². The highest BCUT2D eigenvalue weighted by atomic mass is 127. The first-order chi connectivity index (χ1) is 7.65. The van der Waals surface area contributed by atoms with E-state index in [1.807, 2.05) is 23.0 Å². The lowest BCUT2D eigenvalue weighted by molar-refractivity contribution is 0.100. The predicted molar refractivity (Wildman–Crippen MR) is 69.0 cm³/mol. The molecule has 0 spiro atoms. The Hall–Kier alpha value is -1.37. The monoisotopic (exact) mass is 327 g/mol.